The van der Waals surface area contributed by atoms with Gasteiger partial charge in [-0.3, -0.25) is 0 Å². The Morgan fingerprint density at radius 3 is 2.48 bits per heavy atom. The first-order valence-electron chi connectivity index (χ1n) is 8.94. The van der Waals surface area contributed by atoms with E-state index < -0.39 is 15.7 Å². The zero-order valence-electron chi connectivity index (χ0n) is 16.0. The number of anilines is 1. The molecule has 9 heteroatoms. The van der Waals surface area contributed by atoms with Gasteiger partial charge in [-0.1, -0.05) is 23.7 Å². The maximum Gasteiger partial charge on any atom is 0.233 e. The Hall–Kier alpha value is -2.42. The molecule has 154 valence electrons. The Kier molecular flexibility index (Phi) is 6.56. The van der Waals surface area contributed by atoms with Crippen molar-refractivity contribution in [1.82, 2.24) is 9.88 Å². The summed E-state index contributed by atoms with van der Waals surface area (Å²) in [4.78, 5) is 6.16. The fourth-order valence-corrected chi connectivity index (χ4v) is 4.08. The average molecular weight is 438 g/mol. The minimum atomic E-state index is -4.00. The number of nitrogens with zero attached hydrogens (tertiary/aromatic N) is 2. The molecular weight excluding hydrogens is 417 g/mol. The second-order valence-corrected chi connectivity index (χ2v) is 8.98. The van der Waals surface area contributed by atoms with Crippen molar-refractivity contribution in [2.24, 2.45) is 0 Å². The second kappa shape index (κ2) is 8.94. The van der Waals surface area contributed by atoms with Gasteiger partial charge in [-0.15, -0.1) is 0 Å². The van der Waals surface area contributed by atoms with Crippen LogP contribution in [-0.4, -0.2) is 45.5 Å². The molecule has 0 saturated carbocycles. The summed E-state index contributed by atoms with van der Waals surface area (Å²) in [5.74, 6) is -0.675. The van der Waals surface area contributed by atoms with E-state index >= 15 is 0 Å². The van der Waals surface area contributed by atoms with E-state index in [-0.39, 0.29) is 27.3 Å². The third-order valence-electron chi connectivity index (χ3n) is 4.15. The molecule has 1 aromatic heterocycles. The molecule has 0 fully saturated rings. The van der Waals surface area contributed by atoms with Crippen LogP contribution in [0.5, 0.6) is 0 Å². The van der Waals surface area contributed by atoms with E-state index in [1.807, 2.05) is 19.0 Å². The molecular formula is C20H21ClFN3O3S. The first-order valence-corrected chi connectivity index (χ1v) is 10.8. The van der Waals surface area contributed by atoms with Gasteiger partial charge in [0, 0.05) is 11.6 Å². The van der Waals surface area contributed by atoms with Crippen LogP contribution in [0.2, 0.25) is 5.02 Å². The number of hydrogen-bond acceptors (Lipinski definition) is 6. The molecule has 0 aliphatic rings. The van der Waals surface area contributed by atoms with Gasteiger partial charge < -0.3 is 14.6 Å². The molecule has 0 aliphatic heterocycles. The molecule has 2 aromatic carbocycles. The van der Waals surface area contributed by atoms with Gasteiger partial charge in [0.1, 0.15) is 5.82 Å². The predicted octanol–water partition coefficient (Wildman–Crippen LogP) is 4.33. The van der Waals surface area contributed by atoms with Gasteiger partial charge in [0.25, 0.3) is 0 Å². The van der Waals surface area contributed by atoms with E-state index in [1.165, 1.54) is 42.5 Å². The topological polar surface area (TPSA) is 75.4 Å². The molecule has 29 heavy (non-hydrogen) atoms. The number of halogens is 2. The Labute approximate surface area is 174 Å². The van der Waals surface area contributed by atoms with E-state index in [0.29, 0.717) is 11.6 Å². The molecule has 3 aromatic rings. The normalized spacial score (nSPS) is 11.8. The van der Waals surface area contributed by atoms with Crippen molar-refractivity contribution in [3.8, 4) is 11.5 Å². The summed E-state index contributed by atoms with van der Waals surface area (Å²) in [7, 11) is -0.108. The van der Waals surface area contributed by atoms with E-state index in [9.17, 15) is 12.8 Å². The lowest BCUT2D eigenvalue weighted by molar-refractivity contribution is 0.404. The minimum absolute atomic E-state index is 0.0167. The Morgan fingerprint density at radius 2 is 1.83 bits per heavy atom. The molecule has 0 amide bonds. The maximum absolute atomic E-state index is 14.2. The van der Waals surface area contributed by atoms with Gasteiger partial charge in [0.05, 0.1) is 10.5 Å². The van der Waals surface area contributed by atoms with Gasteiger partial charge in [-0.2, -0.15) is 4.98 Å². The van der Waals surface area contributed by atoms with E-state index in [0.717, 1.165) is 13.0 Å². The molecule has 1 N–H and O–H groups in total. The summed E-state index contributed by atoms with van der Waals surface area (Å²) < 4.78 is 46.1. The highest BCUT2D eigenvalue weighted by molar-refractivity contribution is 7.91. The number of sulfone groups is 1. The van der Waals surface area contributed by atoms with Gasteiger partial charge in [-0.25, -0.2) is 12.8 Å². The smallest absolute Gasteiger partial charge is 0.233 e. The zero-order chi connectivity index (χ0) is 21.0. The average Bonchev–Trinajstić information content (AvgIpc) is 3.10. The van der Waals surface area contributed by atoms with Crippen molar-refractivity contribution in [2.75, 3.05) is 32.5 Å². The van der Waals surface area contributed by atoms with Crippen LogP contribution in [0.1, 0.15) is 6.42 Å². The monoisotopic (exact) mass is 437 g/mol. The van der Waals surface area contributed by atoms with Crippen molar-refractivity contribution < 1.29 is 17.2 Å². The van der Waals surface area contributed by atoms with Crippen molar-refractivity contribution in [3.63, 3.8) is 0 Å². The third-order valence-corrected chi connectivity index (χ3v) is 6.08. The lowest BCUT2D eigenvalue weighted by Crippen LogP contribution is -2.17. The molecule has 6 nitrogen and oxygen atoms in total. The summed E-state index contributed by atoms with van der Waals surface area (Å²) in [5.41, 5.74) is 0.0846. The summed E-state index contributed by atoms with van der Waals surface area (Å²) in [6.45, 7) is 1.27. The van der Waals surface area contributed by atoms with Crippen LogP contribution in [0, 0.1) is 5.82 Å². The summed E-state index contributed by atoms with van der Waals surface area (Å²) in [5, 5.41) is 3.11. The van der Waals surface area contributed by atoms with Crippen molar-refractivity contribution in [2.45, 2.75) is 16.3 Å². The molecule has 0 saturated heterocycles. The highest BCUT2D eigenvalue weighted by atomic mass is 35.5. The van der Waals surface area contributed by atoms with Crippen LogP contribution in [0.25, 0.3) is 11.5 Å². The fraction of sp³-hybridized carbons (Fsp3) is 0.250. The van der Waals surface area contributed by atoms with Gasteiger partial charge >= 0.3 is 0 Å². The molecule has 1 heterocycles. The number of benzene rings is 2. The van der Waals surface area contributed by atoms with Crippen LogP contribution in [0.3, 0.4) is 0 Å². The maximum atomic E-state index is 14.2. The van der Waals surface area contributed by atoms with Crippen LogP contribution in [0.4, 0.5) is 10.3 Å². The molecule has 3 rings (SSSR count). The fourth-order valence-electron chi connectivity index (χ4n) is 2.67. The molecule has 0 spiro atoms. The van der Waals surface area contributed by atoms with Crippen LogP contribution >= 0.6 is 11.6 Å². The molecule has 0 unspecified atom stereocenters. The van der Waals surface area contributed by atoms with Crippen molar-refractivity contribution >= 4 is 27.3 Å². The van der Waals surface area contributed by atoms with E-state index in [2.05, 4.69) is 10.3 Å². The quantitative estimate of drug-likeness (QED) is 0.528. The van der Waals surface area contributed by atoms with Crippen molar-refractivity contribution in [3.05, 3.63) is 59.4 Å². The van der Waals surface area contributed by atoms with Crippen molar-refractivity contribution in [1.29, 1.82) is 0 Å². The number of hydrogen-bond donors (Lipinski definition) is 1. The standard InChI is InChI=1S/C20H21ClFN3O3S/c1-25(2)13-5-12-23-19-20(29(26,27)15-10-8-14(21)9-11-15)24-18(28-19)16-6-3-4-7-17(16)22/h3-4,6-11,23H,5,12-13H2,1-2H3. The van der Waals surface area contributed by atoms with Gasteiger partial charge in [0.2, 0.25) is 26.6 Å². The number of aromatic nitrogens is 1. The number of oxazole rings is 1. The Balaban J connectivity index is 2.01. The molecule has 0 atom stereocenters. The molecule has 0 radical (unpaired) electrons. The van der Waals surface area contributed by atoms with Gasteiger partial charge in [-0.05, 0) is 63.5 Å². The predicted molar refractivity (Wildman–Crippen MR) is 110 cm³/mol. The largest absolute Gasteiger partial charge is 0.419 e. The second-order valence-electron chi connectivity index (χ2n) is 6.67. The zero-order valence-corrected chi connectivity index (χ0v) is 17.6. The molecule has 0 bridgehead atoms. The number of rotatable bonds is 8. The van der Waals surface area contributed by atoms with Crippen LogP contribution in [-0.2, 0) is 9.84 Å². The van der Waals surface area contributed by atoms with E-state index in [1.54, 1.807) is 6.07 Å². The number of nitrogens with one attached hydrogen (secondary N) is 1. The van der Waals surface area contributed by atoms with Crippen LogP contribution < -0.4 is 5.32 Å². The Morgan fingerprint density at radius 1 is 1.14 bits per heavy atom. The third kappa shape index (κ3) is 4.95. The summed E-state index contributed by atoms with van der Waals surface area (Å²) in [6.07, 6.45) is 0.753. The lowest BCUT2D eigenvalue weighted by Gasteiger charge is -2.10. The minimum Gasteiger partial charge on any atom is -0.419 e. The highest BCUT2D eigenvalue weighted by Crippen LogP contribution is 2.33. The first-order chi connectivity index (χ1) is 13.8. The van der Waals surface area contributed by atoms with E-state index in [4.69, 9.17) is 16.0 Å². The van der Waals surface area contributed by atoms with Gasteiger partial charge in [0.15, 0.2) is 0 Å². The Bertz CT molecular complexity index is 1080. The summed E-state index contributed by atoms with van der Waals surface area (Å²) in [6, 6.07) is 11.7. The SMILES string of the molecule is CN(C)CCCNc1oc(-c2ccccc2F)nc1S(=O)(=O)c1ccc(Cl)cc1. The van der Waals surface area contributed by atoms with Crippen LogP contribution in [0.15, 0.2) is 62.9 Å². The lowest BCUT2D eigenvalue weighted by atomic mass is 10.2. The first kappa shape index (κ1) is 21.3. The highest BCUT2D eigenvalue weighted by Gasteiger charge is 2.29. The summed E-state index contributed by atoms with van der Waals surface area (Å²) >= 11 is 5.86. The molecule has 0 aliphatic carbocycles.